The van der Waals surface area contributed by atoms with Gasteiger partial charge < -0.3 is 5.73 Å². The van der Waals surface area contributed by atoms with Crippen molar-refractivity contribution in [2.75, 3.05) is 0 Å². The summed E-state index contributed by atoms with van der Waals surface area (Å²) in [6.45, 7) is 2.18. The third-order valence-corrected chi connectivity index (χ3v) is 3.63. The number of benzene rings is 2. The molecule has 0 saturated heterocycles. The number of para-hydroxylation sites is 2. The second kappa shape index (κ2) is 6.02. The molecule has 1 heterocycles. The fraction of sp³-hybridized carbons (Fsp3) is 0.222. The van der Waals surface area contributed by atoms with Crippen molar-refractivity contribution >= 4 is 11.0 Å². The maximum Gasteiger partial charge on any atom is 0.0890 e. The van der Waals surface area contributed by atoms with Gasteiger partial charge in [0.2, 0.25) is 0 Å². The van der Waals surface area contributed by atoms with E-state index in [1.54, 1.807) is 6.20 Å². The van der Waals surface area contributed by atoms with Crippen LogP contribution in [0.2, 0.25) is 0 Å². The van der Waals surface area contributed by atoms with Crippen LogP contribution in [0.3, 0.4) is 0 Å². The molecule has 1 aromatic heterocycles. The molecule has 0 radical (unpaired) electrons. The van der Waals surface area contributed by atoms with Crippen LogP contribution in [-0.4, -0.2) is 9.97 Å². The van der Waals surface area contributed by atoms with Crippen molar-refractivity contribution in [1.82, 2.24) is 9.97 Å². The van der Waals surface area contributed by atoms with Gasteiger partial charge in [-0.2, -0.15) is 0 Å². The molecule has 1 atom stereocenters. The fourth-order valence-electron chi connectivity index (χ4n) is 2.52. The number of hydrogen-bond acceptors (Lipinski definition) is 3. The van der Waals surface area contributed by atoms with Crippen LogP contribution in [0.4, 0.5) is 0 Å². The smallest absolute Gasteiger partial charge is 0.0890 e. The molecule has 3 rings (SSSR count). The van der Waals surface area contributed by atoms with Gasteiger partial charge in [-0.3, -0.25) is 4.98 Å². The zero-order valence-corrected chi connectivity index (χ0v) is 12.2. The summed E-state index contributed by atoms with van der Waals surface area (Å²) in [5.41, 5.74) is 11.4. The Labute approximate surface area is 124 Å². The quantitative estimate of drug-likeness (QED) is 0.792. The number of hydrogen-bond donors (Lipinski definition) is 1. The van der Waals surface area contributed by atoms with Crippen molar-refractivity contribution in [3.63, 3.8) is 0 Å². The highest BCUT2D eigenvalue weighted by molar-refractivity contribution is 5.73. The molecule has 3 aromatic rings. The van der Waals surface area contributed by atoms with Crippen LogP contribution in [-0.2, 0) is 6.42 Å². The lowest BCUT2D eigenvalue weighted by molar-refractivity contribution is 0.821. The largest absolute Gasteiger partial charge is 0.319 e. The van der Waals surface area contributed by atoms with Crippen LogP contribution in [0, 0.1) is 0 Å². The van der Waals surface area contributed by atoms with Gasteiger partial charge in [-0.15, -0.1) is 0 Å². The van der Waals surface area contributed by atoms with Gasteiger partial charge in [-0.25, -0.2) is 4.98 Å². The first kappa shape index (κ1) is 13.7. The molecule has 3 nitrogen and oxygen atoms in total. The number of aromatic nitrogens is 2. The highest BCUT2D eigenvalue weighted by Gasteiger charge is 2.12. The first-order chi connectivity index (χ1) is 10.3. The van der Waals surface area contributed by atoms with E-state index in [9.17, 15) is 0 Å². The van der Waals surface area contributed by atoms with E-state index in [2.05, 4.69) is 41.2 Å². The van der Waals surface area contributed by atoms with E-state index < -0.39 is 0 Å². The zero-order chi connectivity index (χ0) is 14.7. The molecule has 0 amide bonds. The van der Waals surface area contributed by atoms with Gasteiger partial charge in [0, 0.05) is 0 Å². The number of aryl methyl sites for hydroxylation is 1. The normalized spacial score (nSPS) is 12.5. The summed E-state index contributed by atoms with van der Waals surface area (Å²) in [4.78, 5) is 9.08. The summed E-state index contributed by atoms with van der Waals surface area (Å²) in [5, 5.41) is 0. The van der Waals surface area contributed by atoms with E-state index in [0.29, 0.717) is 0 Å². The zero-order valence-electron chi connectivity index (χ0n) is 12.2. The fourth-order valence-corrected chi connectivity index (χ4v) is 2.52. The maximum atomic E-state index is 6.37. The Morgan fingerprint density at radius 1 is 1.05 bits per heavy atom. The first-order valence-electron chi connectivity index (χ1n) is 7.34. The second-order valence-electron chi connectivity index (χ2n) is 5.26. The predicted octanol–water partition coefficient (Wildman–Crippen LogP) is 3.63. The van der Waals surface area contributed by atoms with Crippen molar-refractivity contribution in [3.05, 3.63) is 71.5 Å². The van der Waals surface area contributed by atoms with E-state index in [0.717, 1.165) is 35.1 Å². The average Bonchev–Trinajstić information content (AvgIpc) is 2.54. The minimum atomic E-state index is -0.237. The number of nitrogens with zero attached hydrogens (tertiary/aromatic N) is 2. The van der Waals surface area contributed by atoms with Gasteiger partial charge in [0.1, 0.15) is 0 Å². The van der Waals surface area contributed by atoms with Crippen molar-refractivity contribution in [2.24, 2.45) is 5.73 Å². The standard InChI is InChI=1S/C18H19N3/c1-2-6-13-7-5-8-14(11-13)18(19)17-12-20-15-9-3-4-10-16(15)21-17/h3-5,7-12,18H,2,6,19H2,1H3. The Morgan fingerprint density at radius 3 is 2.67 bits per heavy atom. The molecular weight excluding hydrogens is 258 g/mol. The van der Waals surface area contributed by atoms with E-state index >= 15 is 0 Å². The number of rotatable bonds is 4. The molecule has 0 aliphatic heterocycles. The molecule has 0 fully saturated rings. The highest BCUT2D eigenvalue weighted by Crippen LogP contribution is 2.20. The summed E-state index contributed by atoms with van der Waals surface area (Å²) in [7, 11) is 0. The molecule has 1 unspecified atom stereocenters. The van der Waals surface area contributed by atoms with Crippen molar-refractivity contribution in [3.8, 4) is 0 Å². The van der Waals surface area contributed by atoms with Gasteiger partial charge in [-0.05, 0) is 29.7 Å². The third kappa shape index (κ3) is 2.93. The summed E-state index contributed by atoms with van der Waals surface area (Å²) in [6.07, 6.45) is 3.98. The molecule has 3 heteroatoms. The van der Waals surface area contributed by atoms with E-state index in [1.165, 1.54) is 5.56 Å². The third-order valence-electron chi connectivity index (χ3n) is 3.63. The first-order valence-corrected chi connectivity index (χ1v) is 7.34. The Balaban J connectivity index is 1.95. The van der Waals surface area contributed by atoms with E-state index in [4.69, 9.17) is 5.73 Å². The summed E-state index contributed by atoms with van der Waals surface area (Å²) >= 11 is 0. The van der Waals surface area contributed by atoms with Crippen LogP contribution in [0.25, 0.3) is 11.0 Å². The second-order valence-corrected chi connectivity index (χ2v) is 5.26. The van der Waals surface area contributed by atoms with Gasteiger partial charge in [-0.1, -0.05) is 49.7 Å². The van der Waals surface area contributed by atoms with Crippen LogP contribution >= 0.6 is 0 Å². The summed E-state index contributed by atoms with van der Waals surface area (Å²) in [6, 6.07) is 16.1. The Hall–Kier alpha value is -2.26. The molecular formula is C18H19N3. The maximum absolute atomic E-state index is 6.37. The molecule has 2 N–H and O–H groups in total. The summed E-state index contributed by atoms with van der Waals surface area (Å²) in [5.74, 6) is 0. The van der Waals surface area contributed by atoms with E-state index in [-0.39, 0.29) is 6.04 Å². The van der Waals surface area contributed by atoms with Crippen LogP contribution < -0.4 is 5.73 Å². The molecule has 0 aliphatic rings. The van der Waals surface area contributed by atoms with Gasteiger partial charge in [0.05, 0.1) is 29.0 Å². The van der Waals surface area contributed by atoms with Crippen molar-refractivity contribution in [2.45, 2.75) is 25.8 Å². The molecule has 0 aliphatic carbocycles. The van der Waals surface area contributed by atoms with Crippen LogP contribution in [0.5, 0.6) is 0 Å². The highest BCUT2D eigenvalue weighted by atomic mass is 14.8. The summed E-state index contributed by atoms with van der Waals surface area (Å²) < 4.78 is 0. The van der Waals surface area contributed by atoms with Gasteiger partial charge >= 0.3 is 0 Å². The number of nitrogens with two attached hydrogens (primary N) is 1. The van der Waals surface area contributed by atoms with Crippen LogP contribution in [0.15, 0.2) is 54.7 Å². The SMILES string of the molecule is CCCc1cccc(C(N)c2cnc3ccccc3n2)c1. The number of fused-ring (bicyclic) bond motifs is 1. The Bertz CT molecular complexity index is 752. The molecule has 2 aromatic carbocycles. The molecule has 0 saturated carbocycles. The Morgan fingerprint density at radius 2 is 1.86 bits per heavy atom. The lowest BCUT2D eigenvalue weighted by atomic mass is 10.0. The lowest BCUT2D eigenvalue weighted by Gasteiger charge is -2.13. The minimum Gasteiger partial charge on any atom is -0.319 e. The Kier molecular flexibility index (Phi) is 3.93. The molecule has 106 valence electrons. The molecule has 0 bridgehead atoms. The topological polar surface area (TPSA) is 51.8 Å². The average molecular weight is 277 g/mol. The van der Waals surface area contributed by atoms with Gasteiger partial charge in [0.25, 0.3) is 0 Å². The van der Waals surface area contributed by atoms with Crippen LogP contribution in [0.1, 0.15) is 36.2 Å². The monoisotopic (exact) mass is 277 g/mol. The van der Waals surface area contributed by atoms with Gasteiger partial charge in [0.15, 0.2) is 0 Å². The predicted molar refractivity (Wildman–Crippen MR) is 86.0 cm³/mol. The van der Waals surface area contributed by atoms with Crippen molar-refractivity contribution in [1.29, 1.82) is 0 Å². The van der Waals surface area contributed by atoms with E-state index in [1.807, 2.05) is 24.3 Å². The lowest BCUT2D eigenvalue weighted by Crippen LogP contribution is -2.14. The van der Waals surface area contributed by atoms with Crippen molar-refractivity contribution < 1.29 is 0 Å². The minimum absolute atomic E-state index is 0.237. The molecule has 0 spiro atoms. The molecule has 21 heavy (non-hydrogen) atoms.